The third-order valence-electron chi connectivity index (χ3n) is 2.99. The zero-order chi connectivity index (χ0) is 16.9. The van der Waals surface area contributed by atoms with Crippen molar-refractivity contribution in [2.45, 2.75) is 6.18 Å². The fourth-order valence-electron chi connectivity index (χ4n) is 2.03. The van der Waals surface area contributed by atoms with Crippen LogP contribution in [-0.4, -0.2) is 9.97 Å². The summed E-state index contributed by atoms with van der Waals surface area (Å²) < 4.78 is 52.6. The van der Waals surface area contributed by atoms with Gasteiger partial charge in [-0.15, -0.1) is 0 Å². The molecule has 2 heterocycles. The van der Waals surface area contributed by atoms with Gasteiger partial charge in [0.2, 0.25) is 0 Å². The molecule has 0 bridgehead atoms. The lowest BCUT2D eigenvalue weighted by atomic mass is 10.1. The minimum absolute atomic E-state index is 0.0391. The van der Waals surface area contributed by atoms with E-state index in [0.29, 0.717) is 12.3 Å². The number of fused-ring (bicyclic) bond motifs is 1. The minimum Gasteiger partial charge on any atom is -0.375 e. The lowest BCUT2D eigenvalue weighted by Gasteiger charge is -2.10. The summed E-state index contributed by atoms with van der Waals surface area (Å²) in [6, 6.07) is 1.68. The van der Waals surface area contributed by atoms with Gasteiger partial charge in [0.05, 0.1) is 31.6 Å². The van der Waals surface area contributed by atoms with Crippen molar-refractivity contribution in [2.24, 2.45) is 0 Å². The lowest BCUT2D eigenvalue weighted by molar-refractivity contribution is -0.137. The van der Waals surface area contributed by atoms with Crippen LogP contribution in [0.5, 0.6) is 0 Å². The van der Waals surface area contributed by atoms with Crippen LogP contribution in [0.25, 0.3) is 21.5 Å². The number of thiazole rings is 1. The smallest absolute Gasteiger partial charge is 0.375 e. The Balaban J connectivity index is 2.29. The van der Waals surface area contributed by atoms with Crippen molar-refractivity contribution in [3.63, 3.8) is 0 Å². The van der Waals surface area contributed by atoms with Crippen LogP contribution >= 0.6 is 34.5 Å². The number of aromatic nitrogens is 2. The Morgan fingerprint density at radius 1 is 1.13 bits per heavy atom. The van der Waals surface area contributed by atoms with Crippen molar-refractivity contribution in [1.29, 1.82) is 0 Å². The number of benzene rings is 1. The normalized spacial score (nSPS) is 12.1. The summed E-state index contributed by atoms with van der Waals surface area (Å²) in [6.07, 6.45) is -4.01. The van der Waals surface area contributed by atoms with E-state index in [1.54, 1.807) is 0 Å². The molecule has 0 atom stereocenters. The maximum Gasteiger partial charge on any atom is 0.417 e. The van der Waals surface area contributed by atoms with Crippen molar-refractivity contribution in [1.82, 2.24) is 9.97 Å². The van der Waals surface area contributed by atoms with E-state index in [0.717, 1.165) is 17.4 Å². The summed E-state index contributed by atoms with van der Waals surface area (Å²) in [4.78, 5) is 7.64. The highest BCUT2D eigenvalue weighted by molar-refractivity contribution is 7.22. The van der Waals surface area contributed by atoms with Gasteiger partial charge in [0.25, 0.3) is 0 Å². The molecule has 3 aromatic rings. The van der Waals surface area contributed by atoms with Crippen LogP contribution in [0.3, 0.4) is 0 Å². The summed E-state index contributed by atoms with van der Waals surface area (Å²) >= 11 is 12.7. The highest BCUT2D eigenvalue weighted by Gasteiger charge is 2.32. The van der Waals surface area contributed by atoms with Gasteiger partial charge in [-0.2, -0.15) is 13.2 Å². The third-order valence-corrected chi connectivity index (χ3v) is 4.47. The SMILES string of the molecule is Nc1nc2c(Cl)cc(F)c(-c3ncc(C(F)(F)F)cc3Cl)c2s1. The van der Waals surface area contributed by atoms with E-state index >= 15 is 0 Å². The number of nitrogens with zero attached hydrogens (tertiary/aromatic N) is 2. The predicted molar refractivity (Wildman–Crippen MR) is 82.2 cm³/mol. The van der Waals surface area contributed by atoms with Gasteiger partial charge in [0, 0.05) is 6.20 Å². The van der Waals surface area contributed by atoms with Crippen LogP contribution in [0, 0.1) is 5.82 Å². The summed E-state index contributed by atoms with van der Waals surface area (Å²) in [5, 5.41) is -0.164. The van der Waals surface area contributed by atoms with Crippen molar-refractivity contribution in [3.8, 4) is 11.3 Å². The molecule has 2 N–H and O–H groups in total. The second-order valence-electron chi connectivity index (χ2n) is 4.50. The Morgan fingerprint density at radius 2 is 1.83 bits per heavy atom. The van der Waals surface area contributed by atoms with Crippen LogP contribution < -0.4 is 5.73 Å². The molecule has 0 amide bonds. The number of halogens is 6. The summed E-state index contributed by atoms with van der Waals surface area (Å²) in [5.41, 5.74) is 4.59. The molecule has 0 aliphatic heterocycles. The van der Waals surface area contributed by atoms with Crippen LogP contribution in [0.15, 0.2) is 18.3 Å². The number of rotatable bonds is 1. The maximum absolute atomic E-state index is 14.3. The molecule has 0 fully saturated rings. The molecule has 0 aliphatic rings. The largest absolute Gasteiger partial charge is 0.417 e. The van der Waals surface area contributed by atoms with Crippen molar-refractivity contribution < 1.29 is 17.6 Å². The first-order valence-electron chi connectivity index (χ1n) is 5.95. The topological polar surface area (TPSA) is 51.8 Å². The van der Waals surface area contributed by atoms with Gasteiger partial charge in [0.15, 0.2) is 5.13 Å². The summed E-state index contributed by atoms with van der Waals surface area (Å²) in [7, 11) is 0. The number of hydrogen-bond donors (Lipinski definition) is 1. The third kappa shape index (κ3) is 2.82. The predicted octanol–water partition coefficient (Wildman–Crippen LogP) is 5.41. The molecular formula is C13H5Cl2F4N3S. The Kier molecular flexibility index (Phi) is 3.86. The van der Waals surface area contributed by atoms with Gasteiger partial charge in [-0.3, -0.25) is 4.98 Å². The molecule has 2 aromatic heterocycles. The van der Waals surface area contributed by atoms with Crippen LogP contribution in [0.2, 0.25) is 10.0 Å². The molecule has 10 heteroatoms. The number of nitrogen functional groups attached to an aromatic ring is 1. The van der Waals surface area contributed by atoms with Gasteiger partial charge in [0.1, 0.15) is 11.3 Å². The molecule has 120 valence electrons. The lowest BCUT2D eigenvalue weighted by Crippen LogP contribution is -2.06. The summed E-state index contributed by atoms with van der Waals surface area (Å²) in [5.74, 6) is -0.777. The Morgan fingerprint density at radius 3 is 2.43 bits per heavy atom. The molecular weight excluding hydrogens is 377 g/mol. The van der Waals surface area contributed by atoms with Gasteiger partial charge in [-0.25, -0.2) is 9.37 Å². The second-order valence-corrected chi connectivity index (χ2v) is 6.34. The van der Waals surface area contributed by atoms with E-state index in [4.69, 9.17) is 28.9 Å². The Hall–Kier alpha value is -1.64. The molecule has 0 saturated heterocycles. The van der Waals surface area contributed by atoms with Gasteiger partial charge >= 0.3 is 6.18 Å². The van der Waals surface area contributed by atoms with Gasteiger partial charge in [-0.1, -0.05) is 34.5 Å². The molecule has 1 aromatic carbocycles. The highest BCUT2D eigenvalue weighted by Crippen LogP contribution is 2.42. The molecule has 0 saturated carbocycles. The van der Waals surface area contributed by atoms with E-state index in [-0.39, 0.29) is 36.7 Å². The fourth-order valence-corrected chi connectivity index (χ4v) is 3.47. The van der Waals surface area contributed by atoms with E-state index < -0.39 is 17.6 Å². The molecule has 3 nitrogen and oxygen atoms in total. The summed E-state index contributed by atoms with van der Waals surface area (Å²) in [6.45, 7) is 0. The average molecular weight is 382 g/mol. The highest BCUT2D eigenvalue weighted by atomic mass is 35.5. The standard InChI is InChI=1S/C13H5Cl2F4N3S/c14-5-1-4(13(17,18)19)3-21-9(5)8-7(16)2-6(15)10-11(8)23-12(20)22-10/h1-3H,(H2,20,22). The molecule has 23 heavy (non-hydrogen) atoms. The Labute approximate surface area is 140 Å². The number of anilines is 1. The molecule has 0 spiro atoms. The van der Waals surface area contributed by atoms with E-state index in [1.165, 1.54) is 0 Å². The van der Waals surface area contributed by atoms with Gasteiger partial charge < -0.3 is 5.73 Å². The molecule has 0 unspecified atom stereocenters. The van der Waals surface area contributed by atoms with Crippen molar-refractivity contribution in [3.05, 3.63) is 39.8 Å². The van der Waals surface area contributed by atoms with Crippen molar-refractivity contribution >= 4 is 49.9 Å². The number of hydrogen-bond acceptors (Lipinski definition) is 4. The van der Waals surface area contributed by atoms with Crippen LogP contribution in [-0.2, 0) is 6.18 Å². The quantitative estimate of drug-likeness (QED) is 0.573. The zero-order valence-corrected chi connectivity index (χ0v) is 13.2. The van der Waals surface area contributed by atoms with Crippen LogP contribution in [0.4, 0.5) is 22.7 Å². The number of nitrogens with two attached hydrogens (primary N) is 1. The van der Waals surface area contributed by atoms with E-state index in [2.05, 4.69) is 9.97 Å². The minimum atomic E-state index is -4.60. The second kappa shape index (κ2) is 5.47. The van der Waals surface area contributed by atoms with Crippen molar-refractivity contribution in [2.75, 3.05) is 5.73 Å². The van der Waals surface area contributed by atoms with E-state index in [9.17, 15) is 17.6 Å². The first kappa shape index (κ1) is 16.2. The Bertz CT molecular complexity index is 924. The molecule has 0 aliphatic carbocycles. The zero-order valence-electron chi connectivity index (χ0n) is 10.9. The van der Waals surface area contributed by atoms with Crippen LogP contribution in [0.1, 0.15) is 5.56 Å². The maximum atomic E-state index is 14.3. The first-order valence-corrected chi connectivity index (χ1v) is 7.53. The van der Waals surface area contributed by atoms with E-state index in [1.807, 2.05) is 0 Å². The number of alkyl halides is 3. The fraction of sp³-hybridized carbons (Fsp3) is 0.0769. The molecule has 0 radical (unpaired) electrons. The first-order chi connectivity index (χ1) is 10.7. The molecule has 3 rings (SSSR count). The monoisotopic (exact) mass is 381 g/mol. The average Bonchev–Trinajstić information content (AvgIpc) is 2.81. The van der Waals surface area contributed by atoms with Gasteiger partial charge in [-0.05, 0) is 12.1 Å². The number of pyridine rings is 1.